The second kappa shape index (κ2) is 7.44. The van der Waals surface area contributed by atoms with Crippen molar-refractivity contribution >= 4 is 40.4 Å². The lowest BCUT2D eigenvalue weighted by Crippen LogP contribution is -2.35. The van der Waals surface area contributed by atoms with Crippen molar-refractivity contribution in [2.45, 2.75) is 39.4 Å². The highest BCUT2D eigenvalue weighted by atomic mass is 35.5. The first kappa shape index (κ1) is 19.2. The molecule has 1 unspecified atom stereocenters. The molecular weight excluding hydrogens is 341 g/mol. The highest BCUT2D eigenvalue weighted by molar-refractivity contribution is 6.31. The molecule has 0 aliphatic carbocycles. The number of halogens is 2. The smallest absolute Gasteiger partial charge is 0.140 e. The van der Waals surface area contributed by atoms with E-state index >= 15 is 0 Å². The molecule has 0 aliphatic rings. The summed E-state index contributed by atoms with van der Waals surface area (Å²) in [5, 5.41) is 1.16. The van der Waals surface area contributed by atoms with Gasteiger partial charge in [-0.1, -0.05) is 11.6 Å². The molecular formula is C18H23ClFN5. The molecule has 0 bridgehead atoms. The van der Waals surface area contributed by atoms with E-state index in [1.165, 1.54) is 26.5 Å². The number of benzene rings is 1. The Morgan fingerprint density at radius 3 is 2.64 bits per heavy atom. The molecule has 1 atom stereocenters. The van der Waals surface area contributed by atoms with E-state index in [2.05, 4.69) is 20.0 Å². The fraction of sp³-hybridized carbons (Fsp3) is 0.444. The number of nitrogens with zero attached hydrogens (tertiary/aromatic N) is 5. The van der Waals surface area contributed by atoms with Gasteiger partial charge in [-0.3, -0.25) is 4.99 Å². The van der Waals surface area contributed by atoms with Gasteiger partial charge in [0.2, 0.25) is 0 Å². The molecule has 25 heavy (non-hydrogen) atoms. The second-order valence-electron chi connectivity index (χ2n) is 6.45. The fourth-order valence-electron chi connectivity index (χ4n) is 2.57. The van der Waals surface area contributed by atoms with E-state index in [0.29, 0.717) is 27.3 Å². The number of anilines is 1. The predicted octanol–water partition coefficient (Wildman–Crippen LogP) is 4.43. The Kier molecular flexibility index (Phi) is 5.72. The molecule has 1 aromatic carbocycles. The van der Waals surface area contributed by atoms with Crippen LogP contribution in [0.5, 0.6) is 0 Å². The quantitative estimate of drug-likeness (QED) is 0.583. The van der Waals surface area contributed by atoms with E-state index in [9.17, 15) is 4.39 Å². The Morgan fingerprint density at radius 1 is 1.36 bits per heavy atom. The number of aromatic nitrogens is 2. The van der Waals surface area contributed by atoms with E-state index in [0.717, 1.165) is 5.71 Å². The molecule has 0 saturated heterocycles. The van der Waals surface area contributed by atoms with Gasteiger partial charge in [-0.15, -0.1) is 0 Å². The van der Waals surface area contributed by atoms with Gasteiger partial charge in [0.05, 0.1) is 11.6 Å². The van der Waals surface area contributed by atoms with Gasteiger partial charge in [-0.05, 0) is 39.8 Å². The highest BCUT2D eigenvalue weighted by Gasteiger charge is 2.25. The highest BCUT2D eigenvalue weighted by Crippen LogP contribution is 2.36. The normalized spacial score (nSPS) is 14.3. The van der Waals surface area contributed by atoms with Crippen LogP contribution in [0.1, 0.15) is 33.3 Å². The van der Waals surface area contributed by atoms with Crippen LogP contribution in [-0.2, 0) is 5.67 Å². The van der Waals surface area contributed by atoms with Crippen LogP contribution in [0, 0.1) is 0 Å². The zero-order chi connectivity index (χ0) is 18.8. The maximum Gasteiger partial charge on any atom is 0.140 e. The number of hydrogen-bond acceptors (Lipinski definition) is 4. The van der Waals surface area contributed by atoms with Crippen molar-refractivity contribution in [1.82, 2.24) is 9.97 Å². The molecule has 0 aliphatic heterocycles. The summed E-state index contributed by atoms with van der Waals surface area (Å²) in [5.74, 6) is 0.675. The summed E-state index contributed by atoms with van der Waals surface area (Å²) in [6, 6.07) is 3.36. The SMILES string of the molecule is CN=CN=C(C)C(C)N(C)c1ncnc2c(C(C)(C)F)cc(Cl)cc12. The third-order valence-corrected chi connectivity index (χ3v) is 4.44. The molecule has 0 fully saturated rings. The molecule has 2 aromatic rings. The Hall–Kier alpha value is -2.08. The zero-order valence-corrected chi connectivity index (χ0v) is 16.1. The molecule has 0 N–H and O–H groups in total. The van der Waals surface area contributed by atoms with Crippen molar-refractivity contribution in [3.05, 3.63) is 29.0 Å². The fourth-order valence-corrected chi connectivity index (χ4v) is 2.79. The molecule has 1 aromatic heterocycles. The summed E-state index contributed by atoms with van der Waals surface area (Å²) >= 11 is 6.24. The van der Waals surface area contributed by atoms with Crippen molar-refractivity contribution < 1.29 is 4.39 Å². The van der Waals surface area contributed by atoms with Crippen LogP contribution < -0.4 is 4.90 Å². The summed E-state index contributed by atoms with van der Waals surface area (Å²) in [5.41, 5.74) is 0.329. The second-order valence-corrected chi connectivity index (χ2v) is 6.89. The Morgan fingerprint density at radius 2 is 2.04 bits per heavy atom. The third-order valence-electron chi connectivity index (χ3n) is 4.22. The van der Waals surface area contributed by atoms with E-state index in [-0.39, 0.29) is 6.04 Å². The molecule has 0 saturated carbocycles. The van der Waals surface area contributed by atoms with Gasteiger partial charge in [0.25, 0.3) is 0 Å². The van der Waals surface area contributed by atoms with Crippen molar-refractivity contribution in [2.75, 3.05) is 19.0 Å². The van der Waals surface area contributed by atoms with Crippen LogP contribution in [0.2, 0.25) is 5.02 Å². The third kappa shape index (κ3) is 4.12. The number of rotatable bonds is 5. The predicted molar refractivity (Wildman–Crippen MR) is 104 cm³/mol. The molecule has 1 heterocycles. The average Bonchev–Trinajstić information content (AvgIpc) is 2.56. The van der Waals surface area contributed by atoms with E-state index in [1.54, 1.807) is 19.2 Å². The largest absolute Gasteiger partial charge is 0.351 e. The summed E-state index contributed by atoms with van der Waals surface area (Å²) in [4.78, 5) is 18.8. The van der Waals surface area contributed by atoms with Gasteiger partial charge in [-0.25, -0.2) is 19.4 Å². The molecule has 7 heteroatoms. The maximum absolute atomic E-state index is 14.6. The molecule has 0 spiro atoms. The van der Waals surface area contributed by atoms with Crippen LogP contribution >= 0.6 is 11.6 Å². The molecule has 134 valence electrons. The van der Waals surface area contributed by atoms with Gasteiger partial charge in [-0.2, -0.15) is 0 Å². The first-order valence-electron chi connectivity index (χ1n) is 7.98. The van der Waals surface area contributed by atoms with Crippen LogP contribution in [0.4, 0.5) is 10.2 Å². The van der Waals surface area contributed by atoms with Gasteiger partial charge in [0, 0.05) is 35.8 Å². The van der Waals surface area contributed by atoms with E-state index in [1.807, 2.05) is 25.8 Å². The standard InChI is InChI=1S/C18H23ClFN5/c1-11(22-9-21-5)12(2)25(6)17-14-7-13(19)8-15(18(3,4)20)16(14)23-10-24-17/h7-10,12H,1-6H3. The molecule has 5 nitrogen and oxygen atoms in total. The topological polar surface area (TPSA) is 53.7 Å². The summed E-state index contributed by atoms with van der Waals surface area (Å²) in [6.07, 6.45) is 2.96. The van der Waals surface area contributed by atoms with Crippen LogP contribution in [-0.4, -0.2) is 42.2 Å². The lowest BCUT2D eigenvalue weighted by atomic mass is 9.97. The van der Waals surface area contributed by atoms with Crippen molar-refractivity contribution in [2.24, 2.45) is 9.98 Å². The first-order chi connectivity index (χ1) is 11.7. The minimum absolute atomic E-state index is 0.0306. The molecule has 0 amide bonds. The van der Waals surface area contributed by atoms with Gasteiger partial charge in [0.1, 0.15) is 24.2 Å². The first-order valence-corrected chi connectivity index (χ1v) is 8.36. The number of alkyl halides is 1. The Bertz CT molecular complexity index is 826. The number of fused-ring (bicyclic) bond motifs is 1. The van der Waals surface area contributed by atoms with Crippen molar-refractivity contribution in [1.29, 1.82) is 0 Å². The molecule has 0 radical (unpaired) electrons. The summed E-state index contributed by atoms with van der Waals surface area (Å²) in [6.45, 7) is 6.93. The summed E-state index contributed by atoms with van der Waals surface area (Å²) in [7, 11) is 3.58. The minimum Gasteiger partial charge on any atom is -0.351 e. The van der Waals surface area contributed by atoms with Crippen LogP contribution in [0.25, 0.3) is 10.9 Å². The minimum atomic E-state index is -1.56. The summed E-state index contributed by atoms with van der Waals surface area (Å²) < 4.78 is 14.6. The average molecular weight is 364 g/mol. The number of aliphatic imine (C=N–C) groups is 2. The lowest BCUT2D eigenvalue weighted by Gasteiger charge is -2.27. The zero-order valence-electron chi connectivity index (χ0n) is 15.4. The lowest BCUT2D eigenvalue weighted by molar-refractivity contribution is 0.223. The van der Waals surface area contributed by atoms with Crippen LogP contribution in [0.3, 0.4) is 0 Å². The maximum atomic E-state index is 14.6. The van der Waals surface area contributed by atoms with Gasteiger partial charge >= 0.3 is 0 Å². The van der Waals surface area contributed by atoms with Crippen molar-refractivity contribution in [3.63, 3.8) is 0 Å². The Balaban J connectivity index is 2.61. The van der Waals surface area contributed by atoms with E-state index in [4.69, 9.17) is 11.6 Å². The number of hydrogen-bond donors (Lipinski definition) is 0. The molecule has 2 rings (SSSR count). The Labute approximate surface area is 152 Å². The van der Waals surface area contributed by atoms with Gasteiger partial charge in [0.15, 0.2) is 0 Å². The van der Waals surface area contributed by atoms with Gasteiger partial charge < -0.3 is 4.90 Å². The van der Waals surface area contributed by atoms with Crippen LogP contribution in [0.15, 0.2) is 28.4 Å². The van der Waals surface area contributed by atoms with E-state index < -0.39 is 5.67 Å². The van der Waals surface area contributed by atoms with Crippen molar-refractivity contribution in [3.8, 4) is 0 Å². The monoisotopic (exact) mass is 363 g/mol.